The summed E-state index contributed by atoms with van der Waals surface area (Å²) in [5, 5.41) is 15.5. The Hall–Kier alpha value is -1.55. The van der Waals surface area contributed by atoms with Crippen molar-refractivity contribution in [2.24, 2.45) is 0 Å². The van der Waals surface area contributed by atoms with Crippen LogP contribution >= 0.6 is 0 Å². The molecule has 19 heavy (non-hydrogen) atoms. The topological polar surface area (TPSA) is 61.4 Å². The molecule has 2 amide bonds. The number of rotatable bonds is 6. The summed E-state index contributed by atoms with van der Waals surface area (Å²) < 4.78 is 0. The molecule has 1 aromatic rings. The maximum atomic E-state index is 11.7. The number of nitrogens with one attached hydrogen (secondary N) is 2. The van der Waals surface area contributed by atoms with Crippen LogP contribution in [-0.4, -0.2) is 23.3 Å². The summed E-state index contributed by atoms with van der Waals surface area (Å²) in [6, 6.07) is 7.45. The van der Waals surface area contributed by atoms with Crippen molar-refractivity contribution >= 4 is 11.7 Å². The van der Waals surface area contributed by atoms with E-state index in [9.17, 15) is 9.90 Å². The lowest BCUT2D eigenvalue weighted by atomic mass is 9.98. The number of urea groups is 1. The van der Waals surface area contributed by atoms with Crippen molar-refractivity contribution in [2.75, 3.05) is 11.9 Å². The van der Waals surface area contributed by atoms with Gasteiger partial charge in [0.1, 0.15) is 0 Å². The molecule has 1 rings (SSSR count). The van der Waals surface area contributed by atoms with Gasteiger partial charge in [0.25, 0.3) is 0 Å². The molecule has 0 saturated carbocycles. The van der Waals surface area contributed by atoms with E-state index in [0.717, 1.165) is 12.1 Å². The molecule has 3 N–H and O–H groups in total. The van der Waals surface area contributed by atoms with Crippen molar-refractivity contribution in [1.82, 2.24) is 5.32 Å². The molecule has 1 aromatic carbocycles. The Morgan fingerprint density at radius 3 is 2.21 bits per heavy atom. The van der Waals surface area contributed by atoms with Gasteiger partial charge in [0, 0.05) is 12.2 Å². The first-order chi connectivity index (χ1) is 9.03. The Bertz CT molecular complexity index is 397. The Kier molecular flexibility index (Phi) is 5.83. The lowest BCUT2D eigenvalue weighted by molar-refractivity contribution is 0.0354. The molecule has 4 heteroatoms. The van der Waals surface area contributed by atoms with Crippen molar-refractivity contribution in [3.8, 4) is 0 Å². The molecule has 0 saturated heterocycles. The Balaban J connectivity index is 2.46. The van der Waals surface area contributed by atoms with Crippen molar-refractivity contribution in [2.45, 2.75) is 45.6 Å². The summed E-state index contributed by atoms with van der Waals surface area (Å²) in [7, 11) is 0. The molecule has 0 fully saturated rings. The third-order valence-electron chi connectivity index (χ3n) is 3.51. The van der Waals surface area contributed by atoms with Crippen molar-refractivity contribution in [3.63, 3.8) is 0 Å². The normalized spacial score (nSPS) is 11.2. The lowest BCUT2D eigenvalue weighted by Crippen LogP contribution is -2.43. The van der Waals surface area contributed by atoms with E-state index in [1.54, 1.807) is 0 Å². The van der Waals surface area contributed by atoms with Gasteiger partial charge in [-0.1, -0.05) is 32.9 Å². The average Bonchev–Trinajstić information content (AvgIpc) is 2.45. The maximum Gasteiger partial charge on any atom is 0.319 e. The fourth-order valence-electron chi connectivity index (χ4n) is 1.74. The largest absolute Gasteiger partial charge is 0.388 e. The first-order valence-corrected chi connectivity index (χ1v) is 6.89. The fraction of sp³-hybridized carbons (Fsp3) is 0.533. The molecule has 0 aliphatic heterocycles. The second-order valence-electron chi connectivity index (χ2n) is 4.79. The van der Waals surface area contributed by atoms with Gasteiger partial charge < -0.3 is 15.7 Å². The van der Waals surface area contributed by atoms with E-state index in [1.165, 1.54) is 5.56 Å². The van der Waals surface area contributed by atoms with Gasteiger partial charge in [0.2, 0.25) is 0 Å². The Morgan fingerprint density at radius 1 is 1.16 bits per heavy atom. The number of hydrogen-bond acceptors (Lipinski definition) is 2. The van der Waals surface area contributed by atoms with Crippen LogP contribution in [0.5, 0.6) is 0 Å². The van der Waals surface area contributed by atoms with Crippen molar-refractivity contribution in [1.29, 1.82) is 0 Å². The first kappa shape index (κ1) is 15.5. The summed E-state index contributed by atoms with van der Waals surface area (Å²) in [5.41, 5.74) is 1.17. The van der Waals surface area contributed by atoms with Crippen molar-refractivity contribution in [3.05, 3.63) is 29.8 Å². The van der Waals surface area contributed by atoms with Crippen molar-refractivity contribution < 1.29 is 9.90 Å². The van der Waals surface area contributed by atoms with Crippen LogP contribution in [0.2, 0.25) is 0 Å². The number of carbonyl (C=O) groups excluding carboxylic acids is 1. The zero-order chi connectivity index (χ0) is 14.3. The highest BCUT2D eigenvalue weighted by atomic mass is 16.3. The smallest absolute Gasteiger partial charge is 0.319 e. The third-order valence-corrected chi connectivity index (χ3v) is 3.51. The van der Waals surface area contributed by atoms with Crippen LogP contribution in [-0.2, 0) is 6.42 Å². The van der Waals surface area contributed by atoms with E-state index in [4.69, 9.17) is 0 Å². The van der Waals surface area contributed by atoms with Gasteiger partial charge in [-0.3, -0.25) is 0 Å². The average molecular weight is 264 g/mol. The molecule has 0 heterocycles. The molecule has 0 radical (unpaired) electrons. The minimum Gasteiger partial charge on any atom is -0.388 e. The summed E-state index contributed by atoms with van der Waals surface area (Å²) in [4.78, 5) is 11.7. The fourth-order valence-corrected chi connectivity index (χ4v) is 1.74. The van der Waals surface area contributed by atoms with Crippen LogP contribution in [0.25, 0.3) is 0 Å². The monoisotopic (exact) mass is 264 g/mol. The number of hydrogen-bond donors (Lipinski definition) is 3. The third kappa shape index (κ3) is 4.91. The van der Waals surface area contributed by atoms with E-state index >= 15 is 0 Å². The number of aliphatic hydroxyl groups is 1. The number of benzene rings is 1. The molecule has 0 aliphatic carbocycles. The summed E-state index contributed by atoms with van der Waals surface area (Å²) in [5.74, 6) is 0. The number of carbonyl (C=O) groups is 1. The predicted octanol–water partition coefficient (Wildman–Crippen LogP) is 2.92. The van der Waals surface area contributed by atoms with E-state index in [2.05, 4.69) is 17.6 Å². The maximum absolute atomic E-state index is 11.7. The van der Waals surface area contributed by atoms with Crippen LogP contribution < -0.4 is 10.6 Å². The minimum atomic E-state index is -0.816. The molecule has 4 nitrogen and oxygen atoms in total. The van der Waals surface area contributed by atoms with Crippen LogP contribution in [0.15, 0.2) is 24.3 Å². The predicted molar refractivity (Wildman–Crippen MR) is 78.4 cm³/mol. The lowest BCUT2D eigenvalue weighted by Gasteiger charge is -2.25. The van der Waals surface area contributed by atoms with Gasteiger partial charge in [-0.2, -0.15) is 0 Å². The molecule has 0 aliphatic rings. The Labute approximate surface area is 115 Å². The number of anilines is 1. The summed E-state index contributed by atoms with van der Waals surface area (Å²) in [6.45, 7) is 6.17. The van der Waals surface area contributed by atoms with Gasteiger partial charge in [-0.05, 0) is 37.0 Å². The summed E-state index contributed by atoms with van der Waals surface area (Å²) in [6.07, 6.45) is 2.22. The second-order valence-corrected chi connectivity index (χ2v) is 4.79. The second kappa shape index (κ2) is 7.14. The van der Waals surface area contributed by atoms with Gasteiger partial charge in [-0.15, -0.1) is 0 Å². The van der Waals surface area contributed by atoms with Crippen LogP contribution in [0, 0.1) is 0 Å². The van der Waals surface area contributed by atoms with Gasteiger partial charge in [0.15, 0.2) is 0 Å². The molecule has 0 aromatic heterocycles. The highest BCUT2D eigenvalue weighted by Gasteiger charge is 2.22. The van der Waals surface area contributed by atoms with Crippen LogP contribution in [0.1, 0.15) is 39.2 Å². The highest BCUT2D eigenvalue weighted by molar-refractivity contribution is 5.89. The van der Waals surface area contributed by atoms with Gasteiger partial charge in [-0.25, -0.2) is 4.79 Å². The molecule has 106 valence electrons. The first-order valence-electron chi connectivity index (χ1n) is 6.89. The highest BCUT2D eigenvalue weighted by Crippen LogP contribution is 2.13. The van der Waals surface area contributed by atoms with E-state index in [0.29, 0.717) is 12.8 Å². The standard InChI is InChI=1S/C15H24N2O2/c1-4-12-7-9-13(10-8-12)17-14(18)16-11-15(19,5-2)6-3/h7-10,19H,4-6,11H2,1-3H3,(H2,16,17,18). The quantitative estimate of drug-likeness (QED) is 0.740. The van der Waals surface area contributed by atoms with E-state index in [1.807, 2.05) is 38.1 Å². The van der Waals surface area contributed by atoms with E-state index < -0.39 is 5.60 Å². The van der Waals surface area contributed by atoms with Gasteiger partial charge >= 0.3 is 6.03 Å². The number of amides is 2. The van der Waals surface area contributed by atoms with Crippen LogP contribution in [0.3, 0.4) is 0 Å². The Morgan fingerprint density at radius 2 is 1.74 bits per heavy atom. The zero-order valence-corrected chi connectivity index (χ0v) is 12.0. The number of aryl methyl sites for hydroxylation is 1. The molecular weight excluding hydrogens is 240 g/mol. The molecule has 0 bridgehead atoms. The molecule has 0 unspecified atom stereocenters. The van der Waals surface area contributed by atoms with E-state index in [-0.39, 0.29) is 12.6 Å². The summed E-state index contributed by atoms with van der Waals surface area (Å²) >= 11 is 0. The molecule has 0 spiro atoms. The molecular formula is C15H24N2O2. The molecule has 0 atom stereocenters. The minimum absolute atomic E-state index is 0.263. The SMILES string of the molecule is CCc1ccc(NC(=O)NCC(O)(CC)CC)cc1. The van der Waals surface area contributed by atoms with Crippen LogP contribution in [0.4, 0.5) is 10.5 Å². The zero-order valence-electron chi connectivity index (χ0n) is 12.0. The van der Waals surface area contributed by atoms with Gasteiger partial charge in [0.05, 0.1) is 5.60 Å².